The van der Waals surface area contributed by atoms with Crippen molar-refractivity contribution in [3.8, 4) is 5.75 Å². The van der Waals surface area contributed by atoms with Crippen LogP contribution >= 0.6 is 11.6 Å². The maximum absolute atomic E-state index is 14.6. The Morgan fingerprint density at radius 2 is 1.81 bits per heavy atom. The Hall–Kier alpha value is -2.73. The first-order chi connectivity index (χ1) is 13.1. The van der Waals surface area contributed by atoms with Crippen LogP contribution in [0.4, 0.5) is 10.1 Å². The quantitative estimate of drug-likeness (QED) is 0.739. The summed E-state index contributed by atoms with van der Waals surface area (Å²) in [5.41, 5.74) is 1.53. The number of hydrogen-bond acceptors (Lipinski definition) is 4. The van der Waals surface area contributed by atoms with Gasteiger partial charge in [-0.1, -0.05) is 17.7 Å². The van der Waals surface area contributed by atoms with Crippen molar-refractivity contribution in [3.05, 3.63) is 64.2 Å². The maximum Gasteiger partial charge on any atom is 0.261 e. The number of imide groups is 1. The summed E-state index contributed by atoms with van der Waals surface area (Å²) in [5.74, 6) is -1.46. The Kier molecular flexibility index (Phi) is 4.66. The fourth-order valence-corrected chi connectivity index (χ4v) is 3.60. The number of ether oxygens (including phenoxy) is 1. The van der Waals surface area contributed by atoms with Crippen molar-refractivity contribution in [1.82, 2.24) is 4.98 Å². The van der Waals surface area contributed by atoms with E-state index in [1.165, 1.54) is 6.07 Å². The zero-order chi connectivity index (χ0) is 19.0. The van der Waals surface area contributed by atoms with Gasteiger partial charge in [-0.15, -0.1) is 0 Å². The predicted octanol–water partition coefficient (Wildman–Crippen LogP) is 4.20. The first-order valence-corrected chi connectivity index (χ1v) is 9.06. The van der Waals surface area contributed by atoms with Crippen LogP contribution in [0, 0.1) is 5.82 Å². The Morgan fingerprint density at radius 3 is 2.44 bits per heavy atom. The number of carbonyl (C=O) groups is 2. The number of halogens is 2. The van der Waals surface area contributed by atoms with Crippen LogP contribution < -0.4 is 9.64 Å². The number of carbonyl (C=O) groups excluding carboxylic acids is 2. The van der Waals surface area contributed by atoms with E-state index < -0.39 is 17.6 Å². The highest BCUT2D eigenvalue weighted by Gasteiger charge is 2.41. The second-order valence-corrected chi connectivity index (χ2v) is 6.86. The van der Waals surface area contributed by atoms with Crippen molar-refractivity contribution in [1.29, 1.82) is 0 Å². The fourth-order valence-electron chi connectivity index (χ4n) is 3.39. The molecular formula is C20H16ClFN2O3. The third kappa shape index (κ3) is 3.21. The third-order valence-corrected chi connectivity index (χ3v) is 5.03. The molecule has 27 heavy (non-hydrogen) atoms. The molecular weight excluding hydrogens is 371 g/mol. The minimum Gasteiger partial charge on any atom is -0.486 e. The van der Waals surface area contributed by atoms with Gasteiger partial charge in [0.05, 0.1) is 16.4 Å². The van der Waals surface area contributed by atoms with E-state index in [4.69, 9.17) is 16.3 Å². The molecule has 1 aliphatic heterocycles. The Bertz CT molecular complexity index is 931. The van der Waals surface area contributed by atoms with Gasteiger partial charge in [-0.2, -0.15) is 0 Å². The topological polar surface area (TPSA) is 59.5 Å². The van der Waals surface area contributed by atoms with Crippen molar-refractivity contribution in [2.75, 3.05) is 4.90 Å². The van der Waals surface area contributed by atoms with Crippen LogP contribution in [-0.2, 0) is 16.2 Å². The summed E-state index contributed by atoms with van der Waals surface area (Å²) < 4.78 is 20.2. The van der Waals surface area contributed by atoms with E-state index in [1.54, 1.807) is 18.3 Å². The highest BCUT2D eigenvalue weighted by molar-refractivity contribution is 6.34. The van der Waals surface area contributed by atoms with Gasteiger partial charge >= 0.3 is 0 Å². The van der Waals surface area contributed by atoms with Crippen LogP contribution in [-0.4, -0.2) is 16.8 Å². The lowest BCUT2D eigenvalue weighted by Crippen LogP contribution is -2.32. The molecule has 0 saturated heterocycles. The van der Waals surface area contributed by atoms with Crippen LogP contribution in [0.1, 0.15) is 31.4 Å². The summed E-state index contributed by atoms with van der Waals surface area (Å²) in [4.78, 5) is 30.4. The van der Waals surface area contributed by atoms with E-state index in [1.807, 2.05) is 6.07 Å². The summed E-state index contributed by atoms with van der Waals surface area (Å²) in [6, 6.07) is 7.74. The van der Waals surface area contributed by atoms with Gasteiger partial charge in [0.15, 0.2) is 0 Å². The molecule has 138 valence electrons. The number of hydrogen-bond donors (Lipinski definition) is 0. The summed E-state index contributed by atoms with van der Waals surface area (Å²) in [6.07, 6.45) is 4.44. The van der Waals surface area contributed by atoms with Crippen molar-refractivity contribution in [2.24, 2.45) is 0 Å². The minimum absolute atomic E-state index is 0.0593. The van der Waals surface area contributed by atoms with Gasteiger partial charge in [-0.05, 0) is 43.9 Å². The number of anilines is 1. The smallest absolute Gasteiger partial charge is 0.261 e. The third-order valence-electron chi connectivity index (χ3n) is 4.73. The second kappa shape index (κ2) is 7.12. The Balaban J connectivity index is 1.64. The van der Waals surface area contributed by atoms with Gasteiger partial charge in [-0.3, -0.25) is 14.6 Å². The SMILES string of the molecule is O=C1C2=C(CCCC2)C(=O)N1c1cc(OCc2ccccn2)c(Cl)cc1F. The predicted molar refractivity (Wildman–Crippen MR) is 98.0 cm³/mol. The average molecular weight is 387 g/mol. The molecule has 4 rings (SSSR count). The van der Waals surface area contributed by atoms with Crippen molar-refractivity contribution in [2.45, 2.75) is 32.3 Å². The first kappa shape index (κ1) is 17.7. The van der Waals surface area contributed by atoms with E-state index in [2.05, 4.69) is 4.98 Å². The average Bonchev–Trinajstić information content (AvgIpc) is 2.93. The largest absolute Gasteiger partial charge is 0.486 e. The molecule has 0 N–H and O–H groups in total. The molecule has 1 aromatic heterocycles. The number of benzene rings is 1. The van der Waals surface area contributed by atoms with Crippen molar-refractivity contribution in [3.63, 3.8) is 0 Å². The standard InChI is InChI=1S/C20H16ClFN2O3/c21-15-9-16(22)17(10-18(15)27-11-12-5-3-4-8-23-12)24-19(25)13-6-1-2-7-14(13)20(24)26/h3-5,8-10H,1-2,6-7,11H2. The number of amides is 2. The van der Waals surface area contributed by atoms with Crippen molar-refractivity contribution < 1.29 is 18.7 Å². The van der Waals surface area contributed by atoms with Crippen molar-refractivity contribution >= 4 is 29.1 Å². The number of nitrogens with zero attached hydrogens (tertiary/aromatic N) is 2. The molecule has 1 aliphatic carbocycles. The van der Waals surface area contributed by atoms with Crippen LogP contribution in [0.25, 0.3) is 0 Å². The van der Waals surface area contributed by atoms with Crippen LogP contribution in [0.5, 0.6) is 5.75 Å². The van der Waals surface area contributed by atoms with Gasteiger partial charge in [-0.25, -0.2) is 9.29 Å². The van der Waals surface area contributed by atoms with Gasteiger partial charge in [0.1, 0.15) is 18.2 Å². The molecule has 2 amide bonds. The summed E-state index contributed by atoms with van der Waals surface area (Å²) in [5, 5.41) is 0.0593. The molecule has 0 fully saturated rings. The minimum atomic E-state index is -0.744. The summed E-state index contributed by atoms with van der Waals surface area (Å²) >= 11 is 6.08. The lowest BCUT2D eigenvalue weighted by Gasteiger charge is -2.18. The molecule has 0 bridgehead atoms. The molecule has 2 aromatic rings. The molecule has 2 aliphatic rings. The summed E-state index contributed by atoms with van der Waals surface area (Å²) in [7, 11) is 0. The summed E-state index contributed by atoms with van der Waals surface area (Å²) in [6.45, 7) is 0.127. The monoisotopic (exact) mass is 386 g/mol. The van der Waals surface area contributed by atoms with E-state index in [-0.39, 0.29) is 23.1 Å². The lowest BCUT2D eigenvalue weighted by atomic mass is 9.93. The molecule has 0 unspecified atom stereocenters. The molecule has 1 aromatic carbocycles. The van der Waals surface area contributed by atoms with E-state index >= 15 is 0 Å². The van der Waals surface area contributed by atoms with Crippen LogP contribution in [0.15, 0.2) is 47.7 Å². The van der Waals surface area contributed by atoms with Gasteiger partial charge in [0, 0.05) is 23.4 Å². The van der Waals surface area contributed by atoms with E-state index in [9.17, 15) is 14.0 Å². The van der Waals surface area contributed by atoms with Gasteiger partial charge in [0.2, 0.25) is 0 Å². The highest BCUT2D eigenvalue weighted by Crippen LogP contribution is 2.39. The molecule has 0 spiro atoms. The zero-order valence-corrected chi connectivity index (χ0v) is 15.1. The molecule has 0 saturated carbocycles. The van der Waals surface area contributed by atoms with Gasteiger partial charge in [0.25, 0.3) is 11.8 Å². The molecule has 0 atom stereocenters. The zero-order valence-electron chi connectivity index (χ0n) is 14.4. The number of pyridine rings is 1. The fraction of sp³-hybridized carbons (Fsp3) is 0.250. The maximum atomic E-state index is 14.6. The highest BCUT2D eigenvalue weighted by atomic mass is 35.5. The van der Waals surface area contributed by atoms with E-state index in [0.717, 1.165) is 23.8 Å². The normalized spacial score (nSPS) is 16.7. The van der Waals surface area contributed by atoms with E-state index in [0.29, 0.717) is 29.7 Å². The molecule has 5 nitrogen and oxygen atoms in total. The second-order valence-electron chi connectivity index (χ2n) is 6.45. The van der Waals surface area contributed by atoms with Gasteiger partial charge < -0.3 is 4.74 Å². The lowest BCUT2D eigenvalue weighted by molar-refractivity contribution is -0.120. The molecule has 0 radical (unpaired) electrons. The Morgan fingerprint density at radius 1 is 1.11 bits per heavy atom. The molecule has 7 heteroatoms. The molecule has 2 heterocycles. The van der Waals surface area contributed by atoms with Crippen LogP contribution in [0.2, 0.25) is 5.02 Å². The number of aromatic nitrogens is 1. The number of rotatable bonds is 4. The van der Waals surface area contributed by atoms with Crippen LogP contribution in [0.3, 0.4) is 0 Å². The Labute approximate surface area is 160 Å². The first-order valence-electron chi connectivity index (χ1n) is 8.69.